The summed E-state index contributed by atoms with van der Waals surface area (Å²) in [5.41, 5.74) is 0.817. The molecule has 2 aromatic rings. The number of hydrogen-bond donors (Lipinski definition) is 3. The number of benzene rings is 1. The average molecular weight is 380 g/mol. The molecule has 10 heteroatoms. The van der Waals surface area contributed by atoms with Crippen LogP contribution in [-0.4, -0.2) is 51.8 Å². The predicted molar refractivity (Wildman–Crippen MR) is 91.9 cm³/mol. The maximum Gasteiger partial charge on any atom is 0.251 e. The Balaban J connectivity index is 1.62. The normalized spacial score (nSPS) is 17.8. The van der Waals surface area contributed by atoms with Crippen molar-refractivity contribution in [3.05, 3.63) is 47.9 Å². The van der Waals surface area contributed by atoms with Crippen molar-refractivity contribution >= 4 is 15.9 Å². The number of carbonyl (C=O) groups is 1. The van der Waals surface area contributed by atoms with Gasteiger partial charge in [-0.2, -0.15) is 0 Å². The number of nitrogens with one attached hydrogen (secondary N) is 3. The highest BCUT2D eigenvalue weighted by molar-refractivity contribution is 7.89. The first kappa shape index (κ1) is 18.5. The maximum atomic E-state index is 12.5. The molecule has 1 amide bonds. The Labute approximate surface area is 151 Å². The molecule has 2 heterocycles. The fraction of sp³-hybridized carbons (Fsp3) is 0.375. The molecule has 1 aliphatic heterocycles. The van der Waals surface area contributed by atoms with Crippen LogP contribution in [0.5, 0.6) is 0 Å². The van der Waals surface area contributed by atoms with Crippen molar-refractivity contribution in [1.82, 2.24) is 20.5 Å². The van der Waals surface area contributed by atoms with Crippen LogP contribution in [0.3, 0.4) is 0 Å². The number of sulfonamides is 1. The molecule has 140 valence electrons. The van der Waals surface area contributed by atoms with E-state index in [-0.39, 0.29) is 29.7 Å². The fourth-order valence-corrected chi connectivity index (χ4v) is 3.55. The van der Waals surface area contributed by atoms with E-state index in [1.54, 1.807) is 12.1 Å². The van der Waals surface area contributed by atoms with Crippen LogP contribution >= 0.6 is 0 Å². The van der Waals surface area contributed by atoms with E-state index in [9.17, 15) is 13.2 Å². The minimum absolute atomic E-state index is 0.0235. The number of nitrogens with zero attached hydrogens (tertiary/aromatic N) is 1. The van der Waals surface area contributed by atoms with Crippen molar-refractivity contribution in [2.75, 3.05) is 26.2 Å². The van der Waals surface area contributed by atoms with Gasteiger partial charge < -0.3 is 19.9 Å². The van der Waals surface area contributed by atoms with Crippen molar-refractivity contribution in [3.8, 4) is 0 Å². The van der Waals surface area contributed by atoms with Crippen molar-refractivity contribution < 1.29 is 22.5 Å². The standard InChI is InChI=1S/C16H20N4O5S/c21-16(18-9-13-4-6-25-20-13)12-2-1-3-15(8-12)26(22,23)19-11-14-10-17-5-7-24-14/h1-4,6,8,14,17,19H,5,7,9-11H2,(H,18,21)/t14-/m1/s1. The van der Waals surface area contributed by atoms with Gasteiger partial charge in [0.15, 0.2) is 0 Å². The third-order valence-electron chi connectivity index (χ3n) is 3.83. The van der Waals surface area contributed by atoms with Crippen molar-refractivity contribution in [2.24, 2.45) is 0 Å². The molecule has 3 N–H and O–H groups in total. The van der Waals surface area contributed by atoms with Crippen LogP contribution in [-0.2, 0) is 21.3 Å². The van der Waals surface area contributed by atoms with Gasteiger partial charge in [-0.3, -0.25) is 4.79 Å². The van der Waals surface area contributed by atoms with E-state index in [0.29, 0.717) is 18.8 Å². The molecule has 0 radical (unpaired) electrons. The summed E-state index contributed by atoms with van der Waals surface area (Å²) in [5.74, 6) is -0.398. The lowest BCUT2D eigenvalue weighted by Crippen LogP contribution is -2.45. The first-order valence-corrected chi connectivity index (χ1v) is 9.62. The predicted octanol–water partition coefficient (Wildman–Crippen LogP) is -0.129. The number of rotatable bonds is 7. The van der Waals surface area contributed by atoms with Gasteiger partial charge in [-0.1, -0.05) is 11.2 Å². The van der Waals surface area contributed by atoms with Crippen LogP contribution < -0.4 is 15.4 Å². The number of amides is 1. The minimum atomic E-state index is -3.74. The van der Waals surface area contributed by atoms with Crippen LogP contribution in [0.1, 0.15) is 16.1 Å². The Bertz CT molecular complexity index is 832. The lowest BCUT2D eigenvalue weighted by atomic mass is 10.2. The Morgan fingerprint density at radius 1 is 1.35 bits per heavy atom. The summed E-state index contributed by atoms with van der Waals surface area (Å²) in [7, 11) is -3.74. The Morgan fingerprint density at radius 3 is 2.96 bits per heavy atom. The van der Waals surface area contributed by atoms with Crippen LogP contribution in [0, 0.1) is 0 Å². The topological polar surface area (TPSA) is 123 Å². The molecule has 9 nitrogen and oxygen atoms in total. The van der Waals surface area contributed by atoms with E-state index in [4.69, 9.17) is 4.74 Å². The molecule has 3 rings (SSSR count). The van der Waals surface area contributed by atoms with Crippen molar-refractivity contribution in [2.45, 2.75) is 17.5 Å². The molecular weight excluding hydrogens is 360 g/mol. The molecule has 0 saturated carbocycles. The SMILES string of the molecule is O=C(NCc1ccon1)c1cccc(S(=O)(=O)NC[C@H]2CNCCO2)c1. The Hall–Kier alpha value is -2.27. The smallest absolute Gasteiger partial charge is 0.251 e. The van der Waals surface area contributed by atoms with Crippen molar-refractivity contribution in [3.63, 3.8) is 0 Å². The Kier molecular flexibility index (Phi) is 5.99. The fourth-order valence-electron chi connectivity index (χ4n) is 2.44. The first-order chi connectivity index (χ1) is 12.5. The molecule has 0 spiro atoms. The number of carbonyl (C=O) groups excluding carboxylic acids is 1. The zero-order valence-corrected chi connectivity index (χ0v) is 14.8. The second-order valence-electron chi connectivity index (χ2n) is 5.75. The number of morpholine rings is 1. The summed E-state index contributed by atoms with van der Waals surface area (Å²) < 4.78 is 37.6. The molecule has 0 aliphatic carbocycles. The summed E-state index contributed by atoms with van der Waals surface area (Å²) in [6.45, 7) is 2.25. The van der Waals surface area contributed by atoms with E-state index < -0.39 is 15.9 Å². The second-order valence-corrected chi connectivity index (χ2v) is 7.52. The third kappa shape index (κ3) is 4.88. The van der Waals surface area contributed by atoms with E-state index in [1.165, 1.54) is 24.5 Å². The summed E-state index contributed by atoms with van der Waals surface area (Å²) in [5, 5.41) is 9.49. The molecule has 1 fully saturated rings. The van der Waals surface area contributed by atoms with E-state index in [0.717, 1.165) is 6.54 Å². The summed E-state index contributed by atoms with van der Waals surface area (Å²) >= 11 is 0. The third-order valence-corrected chi connectivity index (χ3v) is 5.25. The first-order valence-electron chi connectivity index (χ1n) is 8.14. The van der Waals surface area contributed by atoms with E-state index in [2.05, 4.69) is 25.0 Å². The van der Waals surface area contributed by atoms with Gasteiger partial charge in [0.05, 0.1) is 24.2 Å². The van der Waals surface area contributed by atoms with Crippen LogP contribution in [0.2, 0.25) is 0 Å². The number of hydrogen-bond acceptors (Lipinski definition) is 7. The van der Waals surface area contributed by atoms with Gasteiger partial charge in [0.2, 0.25) is 10.0 Å². The summed E-state index contributed by atoms with van der Waals surface area (Å²) in [6.07, 6.45) is 1.19. The second kappa shape index (κ2) is 8.41. The highest BCUT2D eigenvalue weighted by Gasteiger charge is 2.20. The van der Waals surface area contributed by atoms with Gasteiger partial charge in [0, 0.05) is 31.3 Å². The van der Waals surface area contributed by atoms with Gasteiger partial charge in [-0.05, 0) is 18.2 Å². The average Bonchev–Trinajstić information content (AvgIpc) is 3.19. The van der Waals surface area contributed by atoms with Crippen LogP contribution in [0.4, 0.5) is 0 Å². The molecule has 1 aliphatic rings. The molecular formula is C16H20N4O5S. The quantitative estimate of drug-likeness (QED) is 0.611. The molecule has 1 atom stereocenters. The zero-order valence-electron chi connectivity index (χ0n) is 14.0. The van der Waals surface area contributed by atoms with Gasteiger partial charge in [-0.25, -0.2) is 13.1 Å². The largest absolute Gasteiger partial charge is 0.374 e. The number of aromatic nitrogens is 1. The van der Waals surface area contributed by atoms with Gasteiger partial charge in [0.1, 0.15) is 12.0 Å². The van der Waals surface area contributed by atoms with Crippen LogP contribution in [0.25, 0.3) is 0 Å². The maximum absolute atomic E-state index is 12.5. The Morgan fingerprint density at radius 2 is 2.23 bits per heavy atom. The molecule has 1 aromatic heterocycles. The summed E-state index contributed by atoms with van der Waals surface area (Å²) in [4.78, 5) is 12.2. The number of ether oxygens (including phenoxy) is 1. The van der Waals surface area contributed by atoms with Crippen LogP contribution in [0.15, 0.2) is 46.0 Å². The molecule has 26 heavy (non-hydrogen) atoms. The lowest BCUT2D eigenvalue weighted by molar-refractivity contribution is 0.0324. The highest BCUT2D eigenvalue weighted by Crippen LogP contribution is 2.12. The molecule has 0 unspecified atom stereocenters. The molecule has 1 aromatic carbocycles. The lowest BCUT2D eigenvalue weighted by Gasteiger charge is -2.23. The summed E-state index contributed by atoms with van der Waals surface area (Å²) in [6, 6.07) is 7.48. The van der Waals surface area contributed by atoms with Crippen molar-refractivity contribution in [1.29, 1.82) is 0 Å². The van der Waals surface area contributed by atoms with Gasteiger partial charge >= 0.3 is 0 Å². The monoisotopic (exact) mass is 380 g/mol. The van der Waals surface area contributed by atoms with Gasteiger partial charge in [0.25, 0.3) is 5.91 Å². The minimum Gasteiger partial charge on any atom is -0.374 e. The van der Waals surface area contributed by atoms with E-state index in [1.807, 2.05) is 0 Å². The molecule has 0 bridgehead atoms. The zero-order chi connectivity index (χ0) is 18.4. The highest BCUT2D eigenvalue weighted by atomic mass is 32.2. The van der Waals surface area contributed by atoms with E-state index >= 15 is 0 Å². The van der Waals surface area contributed by atoms with Gasteiger partial charge in [-0.15, -0.1) is 0 Å². The molecule has 1 saturated heterocycles.